The van der Waals surface area contributed by atoms with Crippen LogP contribution in [0, 0.1) is 6.23 Å². The van der Waals surface area contributed by atoms with Crippen LogP contribution in [0.2, 0.25) is 0 Å². The molecule has 0 aromatic heterocycles. The summed E-state index contributed by atoms with van der Waals surface area (Å²) in [5.74, 6) is 7.76. The molecule has 0 atom stereocenters. The molecular weight excluding hydrogens is 152 g/mol. The molecule has 0 amide bonds. The number of thioether (sulfide) groups is 1. The van der Waals surface area contributed by atoms with E-state index in [1.54, 1.807) is 11.8 Å². The van der Waals surface area contributed by atoms with Crippen LogP contribution in [0.4, 0.5) is 0 Å². The smallest absolute Gasteiger partial charge is 0.212 e. The minimum Gasteiger partial charge on any atom is -0.546 e. The van der Waals surface area contributed by atoms with Crippen molar-refractivity contribution in [3.8, 4) is 0 Å². The van der Waals surface area contributed by atoms with Gasteiger partial charge in [0.25, 0.3) is 0 Å². The quantitative estimate of drug-likeness (QED) is 0.481. The van der Waals surface area contributed by atoms with Crippen molar-refractivity contribution in [1.82, 2.24) is 0 Å². The Morgan fingerprint density at radius 3 is 3.10 bits per heavy atom. The van der Waals surface area contributed by atoms with Crippen molar-refractivity contribution in [3.63, 3.8) is 0 Å². The number of hydrogen-bond acceptors (Lipinski definition) is 2. The highest BCUT2D eigenvalue weighted by atomic mass is 32.2. The maximum atomic E-state index is 8.89. The Hall–Kier alpha value is -0.550. The molecule has 1 heterocycles. The van der Waals surface area contributed by atoms with Crippen molar-refractivity contribution in [2.75, 3.05) is 18.6 Å². The number of aliphatic hydroxyl groups is 1. The number of nitrogens with one attached hydrogen (secondary N) is 1. The molecular formula is C5H9N2O2S-. The number of hydrogen-bond donors (Lipinski definition) is 1. The van der Waals surface area contributed by atoms with Gasteiger partial charge >= 0.3 is 0 Å². The van der Waals surface area contributed by atoms with Crippen LogP contribution in [0.25, 0.3) is 5.84 Å². The lowest BCUT2D eigenvalue weighted by Gasteiger charge is -2.16. The molecule has 1 aliphatic rings. The van der Waals surface area contributed by atoms with Crippen LogP contribution in [-0.4, -0.2) is 34.3 Å². The first kappa shape index (κ1) is 7.56. The summed E-state index contributed by atoms with van der Waals surface area (Å²) in [5, 5.41) is 8.89. The predicted molar refractivity (Wildman–Crippen MR) is 39.8 cm³/mol. The Balaban J connectivity index is 2.50. The van der Waals surface area contributed by atoms with E-state index in [0.29, 0.717) is 12.0 Å². The van der Waals surface area contributed by atoms with E-state index in [-0.39, 0.29) is 12.5 Å². The van der Waals surface area contributed by atoms with E-state index in [9.17, 15) is 0 Å². The third kappa shape index (κ3) is 1.30. The summed E-state index contributed by atoms with van der Waals surface area (Å²) in [4.78, 5) is 0. The Morgan fingerprint density at radius 1 is 2.00 bits per heavy atom. The Kier molecular flexibility index (Phi) is 2.29. The first-order valence-electron chi connectivity index (χ1n) is 2.79. The van der Waals surface area contributed by atoms with Crippen molar-refractivity contribution in [2.24, 2.45) is 0 Å². The van der Waals surface area contributed by atoms with Crippen molar-refractivity contribution < 1.29 is 14.5 Å². The molecule has 0 bridgehead atoms. The van der Waals surface area contributed by atoms with E-state index in [2.05, 4.69) is 0 Å². The highest BCUT2D eigenvalue weighted by Gasteiger charge is 2.17. The van der Waals surface area contributed by atoms with Crippen LogP contribution < -0.4 is 0 Å². The molecule has 0 aliphatic carbocycles. The topological polar surface area (TPSA) is 56.3 Å². The second-order valence-electron chi connectivity index (χ2n) is 1.87. The van der Waals surface area contributed by atoms with Crippen LogP contribution in [0.1, 0.15) is 0 Å². The van der Waals surface area contributed by atoms with Gasteiger partial charge in [0.15, 0.2) is 6.23 Å². The third-order valence-electron chi connectivity index (χ3n) is 1.14. The van der Waals surface area contributed by atoms with Crippen LogP contribution in [0.15, 0.2) is 0 Å². The number of ether oxygens (including phenoxy) is 1. The molecule has 4 nitrogen and oxygen atoms in total. The fraction of sp³-hybridized carbons (Fsp3) is 0.600. The lowest BCUT2D eigenvalue weighted by Crippen LogP contribution is -2.12. The molecule has 0 saturated heterocycles. The second-order valence-corrected chi connectivity index (χ2v) is 2.73. The van der Waals surface area contributed by atoms with Gasteiger partial charge < -0.3 is 20.4 Å². The van der Waals surface area contributed by atoms with E-state index >= 15 is 0 Å². The fourth-order valence-electron chi connectivity index (χ4n) is 0.651. The molecule has 1 aliphatic heterocycles. The first-order chi connectivity index (χ1) is 4.75. The van der Waals surface area contributed by atoms with E-state index in [0.717, 1.165) is 4.68 Å². The van der Waals surface area contributed by atoms with Gasteiger partial charge in [-0.05, 0) is 6.26 Å². The highest BCUT2D eigenvalue weighted by Crippen LogP contribution is 2.15. The van der Waals surface area contributed by atoms with Gasteiger partial charge in [0.1, 0.15) is 0 Å². The molecule has 0 spiro atoms. The molecule has 0 aromatic carbocycles. The summed E-state index contributed by atoms with van der Waals surface area (Å²) < 4.78 is 5.89. The number of rotatable bonds is 2. The van der Waals surface area contributed by atoms with E-state index in [4.69, 9.17) is 15.7 Å². The van der Waals surface area contributed by atoms with E-state index < -0.39 is 0 Å². The normalized spacial score (nSPS) is 18.7. The van der Waals surface area contributed by atoms with Crippen LogP contribution in [0.5, 0.6) is 0 Å². The van der Waals surface area contributed by atoms with Gasteiger partial charge in [0.05, 0.1) is 6.61 Å². The van der Waals surface area contributed by atoms with Crippen LogP contribution >= 0.6 is 11.8 Å². The van der Waals surface area contributed by atoms with Gasteiger partial charge in [0.2, 0.25) is 5.90 Å². The third-order valence-corrected chi connectivity index (χ3v) is 1.68. The van der Waals surface area contributed by atoms with Crippen molar-refractivity contribution >= 4 is 17.7 Å². The van der Waals surface area contributed by atoms with Crippen LogP contribution in [-0.2, 0) is 4.74 Å². The van der Waals surface area contributed by atoms with Crippen molar-refractivity contribution in [2.45, 2.75) is 0 Å². The summed E-state index contributed by atoms with van der Waals surface area (Å²) in [6, 6.07) is 0. The monoisotopic (exact) mass is 161 g/mol. The van der Waals surface area contributed by atoms with Crippen LogP contribution in [0.3, 0.4) is 0 Å². The molecule has 0 unspecified atom stereocenters. The summed E-state index contributed by atoms with van der Waals surface area (Å²) in [5.41, 5.74) is 0. The largest absolute Gasteiger partial charge is 0.546 e. The lowest BCUT2D eigenvalue weighted by molar-refractivity contribution is -0.472. The van der Waals surface area contributed by atoms with Crippen molar-refractivity contribution in [3.05, 3.63) is 12.1 Å². The molecule has 0 radical (unpaired) electrons. The average Bonchev–Trinajstić information content (AvgIpc) is 2.20. The maximum absolute atomic E-state index is 8.89. The molecule has 0 fully saturated rings. The van der Waals surface area contributed by atoms with E-state index in [1.165, 1.54) is 0 Å². The second kappa shape index (κ2) is 3.03. The SMILES string of the molecule is CSC[C-]1OCC(O)=[N+]1[NH-]. The molecule has 0 saturated carbocycles. The molecule has 58 valence electrons. The molecule has 5 heteroatoms. The standard InChI is InChI=1S/C5H9N2O2S/c1-10-3-5-7(6)4(8)2-9-5/h6,8H,2-3H2,1H3/q-1. The number of aliphatic hydroxyl groups excluding tert-OH is 1. The Bertz CT molecular complexity index is 160. The zero-order valence-electron chi connectivity index (χ0n) is 5.63. The lowest BCUT2D eigenvalue weighted by atomic mass is 10.7. The van der Waals surface area contributed by atoms with Gasteiger partial charge in [-0.15, -0.1) is 0 Å². The summed E-state index contributed by atoms with van der Waals surface area (Å²) >= 11 is 1.56. The minimum absolute atomic E-state index is 0.0379. The molecule has 0 aromatic rings. The number of nitrogens with zero attached hydrogens (tertiary/aromatic N) is 1. The molecule has 1 rings (SSSR count). The van der Waals surface area contributed by atoms with Gasteiger partial charge in [-0.25, -0.2) is 0 Å². The van der Waals surface area contributed by atoms with Gasteiger partial charge in [0, 0.05) is 5.75 Å². The van der Waals surface area contributed by atoms with E-state index in [1.807, 2.05) is 6.26 Å². The van der Waals surface area contributed by atoms with Gasteiger partial charge in [-0.1, -0.05) is 0 Å². The summed E-state index contributed by atoms with van der Waals surface area (Å²) in [6.45, 7) is 0.138. The maximum Gasteiger partial charge on any atom is 0.212 e. The molecule has 2 N–H and O–H groups in total. The Labute approximate surface area is 63.6 Å². The summed E-state index contributed by atoms with van der Waals surface area (Å²) in [6.07, 6.45) is 2.42. The average molecular weight is 161 g/mol. The van der Waals surface area contributed by atoms with Gasteiger partial charge in [-0.3, -0.25) is 0 Å². The summed E-state index contributed by atoms with van der Waals surface area (Å²) in [7, 11) is 0. The Morgan fingerprint density at radius 2 is 2.70 bits per heavy atom. The first-order valence-corrected chi connectivity index (χ1v) is 4.19. The zero-order chi connectivity index (χ0) is 7.56. The minimum atomic E-state index is -0.0379. The van der Waals surface area contributed by atoms with Gasteiger partial charge in [-0.2, -0.15) is 11.8 Å². The predicted octanol–water partition coefficient (Wildman–Crippen LogP) is 0.805. The van der Waals surface area contributed by atoms with Crippen molar-refractivity contribution in [1.29, 1.82) is 0 Å². The fourth-order valence-corrected chi connectivity index (χ4v) is 1.11. The molecule has 10 heavy (non-hydrogen) atoms. The highest BCUT2D eigenvalue weighted by molar-refractivity contribution is 7.98. The zero-order valence-corrected chi connectivity index (χ0v) is 6.44.